The molecule has 1 N–H and O–H groups in total. The number of H-pyrrole nitrogens is 1. The maximum atomic E-state index is 13.1. The van der Waals surface area contributed by atoms with E-state index in [-0.39, 0.29) is 16.8 Å². The third-order valence-corrected chi connectivity index (χ3v) is 6.93. The standard InChI is InChI=1S/C20H22N4O2S2/c1-10-16(12(3)25)11(2)21-17(10)18(26)13(4)28-20-23-22-19(15-6-5-9-27-15)24(20)14-7-8-14/h5-6,9,13-14,21H,7-8H2,1-4H3/t13-/m0/s1. The number of nitrogens with zero attached hydrogens (tertiary/aromatic N) is 3. The van der Waals surface area contributed by atoms with Crippen LogP contribution in [0.1, 0.15) is 64.8 Å². The molecule has 0 spiro atoms. The first kappa shape index (κ1) is 19.1. The van der Waals surface area contributed by atoms with Crippen LogP contribution in [0.3, 0.4) is 0 Å². The molecule has 0 saturated heterocycles. The van der Waals surface area contributed by atoms with Gasteiger partial charge in [0.1, 0.15) is 0 Å². The van der Waals surface area contributed by atoms with Gasteiger partial charge in [-0.3, -0.25) is 14.2 Å². The van der Waals surface area contributed by atoms with E-state index in [1.807, 2.05) is 38.3 Å². The van der Waals surface area contributed by atoms with Crippen LogP contribution in [-0.4, -0.2) is 36.6 Å². The number of thiophene rings is 1. The van der Waals surface area contributed by atoms with E-state index in [0.29, 0.717) is 17.3 Å². The molecule has 3 heterocycles. The molecule has 0 radical (unpaired) electrons. The van der Waals surface area contributed by atoms with Crippen molar-refractivity contribution >= 4 is 34.7 Å². The number of thioether (sulfide) groups is 1. The van der Waals surface area contributed by atoms with Gasteiger partial charge in [0.05, 0.1) is 15.8 Å². The van der Waals surface area contributed by atoms with Crippen molar-refractivity contribution < 1.29 is 9.59 Å². The van der Waals surface area contributed by atoms with Gasteiger partial charge in [0.15, 0.2) is 22.5 Å². The normalized spacial score (nSPS) is 15.0. The topological polar surface area (TPSA) is 80.6 Å². The van der Waals surface area contributed by atoms with E-state index in [1.54, 1.807) is 11.3 Å². The Hall–Kier alpha value is -2.19. The fourth-order valence-corrected chi connectivity index (χ4v) is 5.22. The number of hydrogen-bond acceptors (Lipinski definition) is 6. The second kappa shape index (κ2) is 7.33. The van der Waals surface area contributed by atoms with Crippen molar-refractivity contribution in [3.05, 3.63) is 40.0 Å². The molecule has 1 aliphatic carbocycles. The Labute approximate surface area is 171 Å². The second-order valence-corrected chi connectivity index (χ2v) is 9.45. The summed E-state index contributed by atoms with van der Waals surface area (Å²) in [5.74, 6) is 0.825. The number of aromatic amines is 1. The number of aryl methyl sites for hydroxylation is 1. The van der Waals surface area contributed by atoms with Crippen molar-refractivity contribution in [2.45, 2.75) is 57.0 Å². The zero-order valence-corrected chi connectivity index (χ0v) is 17.9. The van der Waals surface area contributed by atoms with Crippen LogP contribution in [0.4, 0.5) is 0 Å². The van der Waals surface area contributed by atoms with Crippen molar-refractivity contribution in [3.63, 3.8) is 0 Å². The molecule has 0 aromatic carbocycles. The highest BCUT2D eigenvalue weighted by atomic mass is 32.2. The Morgan fingerprint density at radius 1 is 1.32 bits per heavy atom. The zero-order valence-electron chi connectivity index (χ0n) is 16.3. The first-order valence-electron chi connectivity index (χ1n) is 9.28. The minimum absolute atomic E-state index is 0.0267. The Kier molecular flexibility index (Phi) is 5.01. The highest BCUT2D eigenvalue weighted by Gasteiger charge is 2.32. The molecule has 6 nitrogen and oxygen atoms in total. The summed E-state index contributed by atoms with van der Waals surface area (Å²) in [6.45, 7) is 7.06. The van der Waals surface area contributed by atoms with E-state index < -0.39 is 0 Å². The summed E-state index contributed by atoms with van der Waals surface area (Å²) in [5.41, 5.74) is 2.59. The van der Waals surface area contributed by atoms with Crippen LogP contribution in [0.15, 0.2) is 22.7 Å². The van der Waals surface area contributed by atoms with Gasteiger partial charge in [0.25, 0.3) is 0 Å². The van der Waals surface area contributed by atoms with Crippen LogP contribution in [-0.2, 0) is 0 Å². The van der Waals surface area contributed by atoms with E-state index in [9.17, 15) is 9.59 Å². The van der Waals surface area contributed by atoms with Gasteiger partial charge in [0, 0.05) is 17.3 Å². The number of rotatable bonds is 7. The van der Waals surface area contributed by atoms with Crippen molar-refractivity contribution in [3.8, 4) is 10.7 Å². The average molecular weight is 415 g/mol. The number of Topliss-reactive ketones (excluding diaryl/α,β-unsaturated/α-hetero) is 2. The van der Waals surface area contributed by atoms with Gasteiger partial charge in [-0.05, 0) is 57.5 Å². The molecule has 0 aliphatic heterocycles. The van der Waals surface area contributed by atoms with Gasteiger partial charge in [-0.1, -0.05) is 17.8 Å². The van der Waals surface area contributed by atoms with Gasteiger partial charge in [-0.15, -0.1) is 21.5 Å². The van der Waals surface area contributed by atoms with E-state index >= 15 is 0 Å². The molecular weight excluding hydrogens is 392 g/mol. The summed E-state index contributed by atoms with van der Waals surface area (Å²) in [7, 11) is 0. The van der Waals surface area contributed by atoms with Gasteiger partial charge in [0.2, 0.25) is 0 Å². The summed E-state index contributed by atoms with van der Waals surface area (Å²) in [5, 5.41) is 11.3. The van der Waals surface area contributed by atoms with Crippen molar-refractivity contribution in [1.29, 1.82) is 0 Å². The molecule has 3 aromatic rings. The summed E-state index contributed by atoms with van der Waals surface area (Å²) >= 11 is 3.07. The third kappa shape index (κ3) is 3.35. The van der Waals surface area contributed by atoms with Crippen LogP contribution < -0.4 is 0 Å². The molecule has 1 atom stereocenters. The van der Waals surface area contributed by atoms with Gasteiger partial charge < -0.3 is 4.98 Å². The second-order valence-electron chi connectivity index (χ2n) is 7.19. The summed E-state index contributed by atoms with van der Waals surface area (Å²) in [6, 6.07) is 4.47. The number of nitrogens with one attached hydrogen (secondary N) is 1. The Morgan fingerprint density at radius 3 is 2.64 bits per heavy atom. The maximum absolute atomic E-state index is 13.1. The van der Waals surface area contributed by atoms with Crippen LogP contribution in [0, 0.1) is 13.8 Å². The minimum Gasteiger partial charge on any atom is -0.355 e. The quantitative estimate of drug-likeness (QED) is 0.441. The monoisotopic (exact) mass is 414 g/mol. The number of ketones is 2. The fourth-order valence-electron chi connectivity index (χ4n) is 3.53. The van der Waals surface area contributed by atoms with Gasteiger partial charge >= 0.3 is 0 Å². The molecule has 146 valence electrons. The predicted molar refractivity (Wildman–Crippen MR) is 112 cm³/mol. The molecule has 1 aliphatic rings. The zero-order chi connectivity index (χ0) is 20.0. The van der Waals surface area contributed by atoms with Crippen LogP contribution in [0.2, 0.25) is 0 Å². The van der Waals surface area contributed by atoms with Crippen LogP contribution in [0.5, 0.6) is 0 Å². The molecule has 8 heteroatoms. The van der Waals surface area contributed by atoms with Crippen LogP contribution in [0.25, 0.3) is 10.7 Å². The smallest absolute Gasteiger partial charge is 0.192 e. The predicted octanol–water partition coefficient (Wildman–Crippen LogP) is 4.85. The third-order valence-electron chi connectivity index (χ3n) is 5.01. The SMILES string of the molecule is CC(=O)c1c(C)[nH]c(C(=O)[C@H](C)Sc2nnc(-c3cccs3)n2C2CC2)c1C. The molecule has 1 fully saturated rings. The van der Waals surface area contributed by atoms with Crippen LogP contribution >= 0.6 is 23.1 Å². The molecule has 3 aromatic heterocycles. The highest BCUT2D eigenvalue weighted by molar-refractivity contribution is 8.00. The van der Waals surface area contributed by atoms with Crippen molar-refractivity contribution in [2.24, 2.45) is 0 Å². The summed E-state index contributed by atoms with van der Waals surface area (Å²) < 4.78 is 2.17. The lowest BCUT2D eigenvalue weighted by atomic mass is 10.0. The Morgan fingerprint density at radius 2 is 2.07 bits per heavy atom. The van der Waals surface area contributed by atoms with E-state index in [1.165, 1.54) is 18.7 Å². The summed E-state index contributed by atoms with van der Waals surface area (Å²) in [6.07, 6.45) is 2.23. The molecule has 1 saturated carbocycles. The van der Waals surface area contributed by atoms with E-state index in [2.05, 4.69) is 19.7 Å². The van der Waals surface area contributed by atoms with Crippen molar-refractivity contribution in [1.82, 2.24) is 19.7 Å². The number of aromatic nitrogens is 4. The molecule has 4 rings (SSSR count). The number of carbonyl (C=O) groups excluding carboxylic acids is 2. The average Bonchev–Trinajstić information content (AvgIpc) is 3.05. The molecule has 0 bridgehead atoms. The lowest BCUT2D eigenvalue weighted by Gasteiger charge is -2.12. The van der Waals surface area contributed by atoms with Crippen molar-refractivity contribution in [2.75, 3.05) is 0 Å². The molecule has 0 unspecified atom stereocenters. The first-order chi connectivity index (χ1) is 13.4. The molecule has 28 heavy (non-hydrogen) atoms. The maximum Gasteiger partial charge on any atom is 0.192 e. The van der Waals surface area contributed by atoms with E-state index in [0.717, 1.165) is 40.0 Å². The summed E-state index contributed by atoms with van der Waals surface area (Å²) in [4.78, 5) is 29.1. The largest absolute Gasteiger partial charge is 0.355 e. The Balaban J connectivity index is 1.61. The number of hydrogen-bond donors (Lipinski definition) is 1. The molecule has 0 amide bonds. The fraction of sp³-hybridized carbons (Fsp3) is 0.400. The van der Waals surface area contributed by atoms with Gasteiger partial charge in [-0.25, -0.2) is 0 Å². The molecular formula is C20H22N4O2S2. The first-order valence-corrected chi connectivity index (χ1v) is 11.0. The highest BCUT2D eigenvalue weighted by Crippen LogP contribution is 2.42. The number of carbonyl (C=O) groups is 2. The van der Waals surface area contributed by atoms with E-state index in [4.69, 9.17) is 0 Å². The Bertz CT molecular complexity index is 1040. The lowest BCUT2D eigenvalue weighted by Crippen LogP contribution is -2.16. The minimum atomic E-state index is -0.338. The van der Waals surface area contributed by atoms with Gasteiger partial charge in [-0.2, -0.15) is 0 Å². The lowest BCUT2D eigenvalue weighted by molar-refractivity contribution is 0.0988.